The highest BCUT2D eigenvalue weighted by Crippen LogP contribution is 2.30. The van der Waals surface area contributed by atoms with E-state index in [1.807, 2.05) is 48.5 Å². The molecule has 0 radical (unpaired) electrons. The summed E-state index contributed by atoms with van der Waals surface area (Å²) in [5.74, 6) is 0.209. The van der Waals surface area contributed by atoms with Gasteiger partial charge in [-0.1, -0.05) is 38.1 Å². The number of hydrogen-bond donors (Lipinski definition) is 4. The summed E-state index contributed by atoms with van der Waals surface area (Å²) in [6, 6.07) is 15.9. The number of amidine groups is 1. The first-order valence-corrected chi connectivity index (χ1v) is 9.80. The van der Waals surface area contributed by atoms with Gasteiger partial charge in [0.2, 0.25) is 5.79 Å². The molecule has 0 bridgehead atoms. The lowest BCUT2D eigenvalue weighted by Crippen LogP contribution is -2.49. The molecule has 146 valence electrons. The number of para-hydroxylation sites is 3. The Kier molecular flexibility index (Phi) is 5.02. The van der Waals surface area contributed by atoms with Gasteiger partial charge < -0.3 is 20.5 Å². The van der Waals surface area contributed by atoms with Gasteiger partial charge in [-0.05, 0) is 37.4 Å². The van der Waals surface area contributed by atoms with Crippen molar-refractivity contribution in [2.75, 3.05) is 31.5 Å². The first-order chi connectivity index (χ1) is 13.6. The molecule has 7 heteroatoms. The zero-order valence-electron chi connectivity index (χ0n) is 16.4. The highest BCUT2D eigenvalue weighted by molar-refractivity contribution is 6.05. The quantitative estimate of drug-likeness (QED) is 0.529. The summed E-state index contributed by atoms with van der Waals surface area (Å²) in [5, 5.41) is 6.83. The molecule has 0 spiro atoms. The van der Waals surface area contributed by atoms with Gasteiger partial charge in [-0.15, -0.1) is 0 Å². The molecule has 2 heterocycles. The zero-order chi connectivity index (χ0) is 19.6. The number of aliphatic imine (C=N–C) groups is 1. The number of nitrogens with one attached hydrogen (secondary N) is 3. The van der Waals surface area contributed by atoms with Gasteiger partial charge in [-0.25, -0.2) is 9.98 Å². The van der Waals surface area contributed by atoms with E-state index >= 15 is 0 Å². The molecule has 1 aliphatic heterocycles. The van der Waals surface area contributed by atoms with E-state index in [-0.39, 0.29) is 0 Å². The molecule has 28 heavy (non-hydrogen) atoms. The van der Waals surface area contributed by atoms with Crippen molar-refractivity contribution in [3.05, 3.63) is 59.9 Å². The molecule has 0 amide bonds. The van der Waals surface area contributed by atoms with Crippen molar-refractivity contribution < 1.29 is 0 Å². The van der Waals surface area contributed by atoms with E-state index in [4.69, 9.17) is 10.7 Å². The van der Waals surface area contributed by atoms with Gasteiger partial charge in [0.15, 0.2) is 5.82 Å². The lowest BCUT2D eigenvalue weighted by molar-refractivity contribution is 0.308. The number of H-pyrrole nitrogens is 1. The molecule has 0 saturated heterocycles. The first-order valence-electron chi connectivity index (χ1n) is 9.80. The van der Waals surface area contributed by atoms with Crippen LogP contribution >= 0.6 is 0 Å². The van der Waals surface area contributed by atoms with E-state index in [9.17, 15) is 0 Å². The number of fused-ring (bicyclic) bond motifs is 2. The monoisotopic (exact) mass is 377 g/mol. The minimum Gasteiger partial charge on any atom is -0.368 e. The topological polar surface area (TPSA) is 94.4 Å². The second-order valence-electron chi connectivity index (χ2n) is 6.95. The average Bonchev–Trinajstić information content (AvgIpc) is 3.16. The smallest absolute Gasteiger partial charge is 0.244 e. The standard InChI is InChI=1S/C21H27N7/c1-3-28(4-2)14-13-23-19-15-9-5-6-10-16(15)26-21(22,27-19)20-24-17-11-7-8-12-18(17)25-20/h5-12,26H,3-4,13-14,22H2,1-2H3,(H,23,27)(H,24,25). The number of nitrogens with zero attached hydrogens (tertiary/aromatic N) is 3. The largest absolute Gasteiger partial charge is 0.368 e. The summed E-state index contributed by atoms with van der Waals surface area (Å²) in [6.07, 6.45) is 0. The number of likely N-dealkylation sites (N-methyl/N-ethyl adjacent to an activating group) is 1. The van der Waals surface area contributed by atoms with Crippen molar-refractivity contribution in [3.8, 4) is 0 Å². The molecule has 0 aliphatic carbocycles. The molecule has 1 aliphatic rings. The lowest BCUT2D eigenvalue weighted by Gasteiger charge is -2.32. The highest BCUT2D eigenvalue weighted by atomic mass is 15.3. The zero-order valence-corrected chi connectivity index (χ0v) is 16.4. The minimum absolute atomic E-state index is 0.589. The fourth-order valence-corrected chi connectivity index (χ4v) is 3.52. The van der Waals surface area contributed by atoms with E-state index in [1.54, 1.807) is 0 Å². The minimum atomic E-state index is -1.16. The summed E-state index contributed by atoms with van der Waals surface area (Å²) in [6.45, 7) is 8.15. The number of aromatic nitrogens is 2. The van der Waals surface area contributed by atoms with E-state index in [0.29, 0.717) is 5.82 Å². The predicted molar refractivity (Wildman–Crippen MR) is 114 cm³/mol. The Morgan fingerprint density at radius 2 is 1.82 bits per heavy atom. The van der Waals surface area contributed by atoms with E-state index < -0.39 is 5.79 Å². The van der Waals surface area contributed by atoms with E-state index in [0.717, 1.165) is 54.3 Å². The summed E-state index contributed by atoms with van der Waals surface area (Å²) in [4.78, 5) is 15.2. The predicted octanol–water partition coefficient (Wildman–Crippen LogP) is 2.44. The van der Waals surface area contributed by atoms with Crippen LogP contribution in [0, 0.1) is 0 Å². The van der Waals surface area contributed by atoms with Crippen molar-refractivity contribution in [1.82, 2.24) is 20.2 Å². The molecule has 1 atom stereocenters. The molecular formula is C21H27N7. The number of aromatic amines is 1. The van der Waals surface area contributed by atoms with Crippen molar-refractivity contribution in [2.24, 2.45) is 10.7 Å². The van der Waals surface area contributed by atoms with Gasteiger partial charge in [0.05, 0.1) is 11.0 Å². The van der Waals surface area contributed by atoms with E-state index in [2.05, 4.69) is 39.3 Å². The van der Waals surface area contributed by atoms with Gasteiger partial charge in [-0.3, -0.25) is 5.73 Å². The van der Waals surface area contributed by atoms with Gasteiger partial charge >= 0.3 is 0 Å². The van der Waals surface area contributed by atoms with Crippen molar-refractivity contribution in [1.29, 1.82) is 0 Å². The molecule has 7 nitrogen and oxygen atoms in total. The van der Waals surface area contributed by atoms with Crippen LogP contribution in [0.25, 0.3) is 11.0 Å². The SMILES string of the molecule is CCN(CC)CCNC1=NC(N)(c2nc3ccccc3[nH]2)Nc2ccccc21. The van der Waals surface area contributed by atoms with Crippen LogP contribution in [-0.2, 0) is 5.79 Å². The number of hydrogen-bond acceptors (Lipinski definition) is 6. The molecule has 4 rings (SSSR count). The third-order valence-electron chi connectivity index (χ3n) is 5.16. The maximum absolute atomic E-state index is 6.69. The normalized spacial score (nSPS) is 18.6. The van der Waals surface area contributed by atoms with Crippen LogP contribution in [0.3, 0.4) is 0 Å². The maximum Gasteiger partial charge on any atom is 0.244 e. The third kappa shape index (κ3) is 3.46. The fourth-order valence-electron chi connectivity index (χ4n) is 3.52. The van der Waals surface area contributed by atoms with Crippen LogP contribution in [0.1, 0.15) is 25.2 Å². The number of imidazole rings is 1. The summed E-state index contributed by atoms with van der Waals surface area (Å²) in [5.41, 5.74) is 10.4. The number of benzene rings is 2. The van der Waals surface area contributed by atoms with Crippen LogP contribution in [0.15, 0.2) is 53.5 Å². The van der Waals surface area contributed by atoms with Crippen LogP contribution in [0.4, 0.5) is 5.69 Å². The number of anilines is 1. The molecular weight excluding hydrogens is 350 g/mol. The van der Waals surface area contributed by atoms with Crippen LogP contribution in [0.5, 0.6) is 0 Å². The van der Waals surface area contributed by atoms with Crippen LogP contribution in [-0.4, -0.2) is 46.9 Å². The van der Waals surface area contributed by atoms with Crippen molar-refractivity contribution in [3.63, 3.8) is 0 Å². The Morgan fingerprint density at radius 3 is 2.61 bits per heavy atom. The van der Waals surface area contributed by atoms with Gasteiger partial charge in [-0.2, -0.15) is 0 Å². The maximum atomic E-state index is 6.69. The summed E-state index contributed by atoms with van der Waals surface area (Å²) in [7, 11) is 0. The molecule has 3 aromatic rings. The van der Waals surface area contributed by atoms with Gasteiger partial charge in [0.25, 0.3) is 0 Å². The lowest BCUT2D eigenvalue weighted by atomic mass is 10.1. The van der Waals surface area contributed by atoms with Gasteiger partial charge in [0, 0.05) is 24.3 Å². The van der Waals surface area contributed by atoms with Crippen molar-refractivity contribution >= 4 is 22.6 Å². The highest BCUT2D eigenvalue weighted by Gasteiger charge is 2.35. The Bertz CT molecular complexity index is 956. The third-order valence-corrected chi connectivity index (χ3v) is 5.16. The van der Waals surface area contributed by atoms with Gasteiger partial charge in [0.1, 0.15) is 5.84 Å². The Morgan fingerprint density at radius 1 is 1.07 bits per heavy atom. The van der Waals surface area contributed by atoms with E-state index in [1.165, 1.54) is 0 Å². The van der Waals surface area contributed by atoms with Crippen LogP contribution < -0.4 is 16.4 Å². The molecule has 0 fully saturated rings. The molecule has 0 saturated carbocycles. The Balaban J connectivity index is 1.66. The first kappa shape index (κ1) is 18.5. The Hall–Kier alpha value is -2.90. The fraction of sp³-hybridized carbons (Fsp3) is 0.333. The number of rotatable bonds is 6. The summed E-state index contributed by atoms with van der Waals surface area (Å²) < 4.78 is 0. The molecule has 1 unspecified atom stereocenters. The second kappa shape index (κ2) is 7.61. The second-order valence-corrected chi connectivity index (χ2v) is 6.95. The average molecular weight is 377 g/mol. The molecule has 5 N–H and O–H groups in total. The molecule has 1 aromatic heterocycles. The van der Waals surface area contributed by atoms with Crippen LogP contribution in [0.2, 0.25) is 0 Å². The van der Waals surface area contributed by atoms with Crippen molar-refractivity contribution in [2.45, 2.75) is 19.6 Å². The molecule has 2 aromatic carbocycles. The number of nitrogens with two attached hydrogens (primary N) is 1. The summed E-state index contributed by atoms with van der Waals surface area (Å²) >= 11 is 0. The Labute approximate surface area is 165 Å².